The Kier molecular flexibility index (Phi) is 2.42. The number of benzene rings is 1. The molecular formula is C11H14FNO. The van der Waals surface area contributed by atoms with Gasteiger partial charge >= 0.3 is 0 Å². The van der Waals surface area contributed by atoms with Crippen molar-refractivity contribution in [3.63, 3.8) is 0 Å². The van der Waals surface area contributed by atoms with E-state index >= 15 is 0 Å². The SMILES string of the molecule is Cc1cc(F)cc2c1OCCC[C@H]2N. The zero-order valence-electron chi connectivity index (χ0n) is 8.22. The van der Waals surface area contributed by atoms with Crippen molar-refractivity contribution in [2.45, 2.75) is 25.8 Å². The second-order valence-corrected chi connectivity index (χ2v) is 3.74. The predicted molar refractivity (Wildman–Crippen MR) is 52.8 cm³/mol. The Balaban J connectivity index is 2.53. The van der Waals surface area contributed by atoms with Crippen molar-refractivity contribution < 1.29 is 9.13 Å². The summed E-state index contributed by atoms with van der Waals surface area (Å²) >= 11 is 0. The highest BCUT2D eigenvalue weighted by Gasteiger charge is 2.18. The van der Waals surface area contributed by atoms with Gasteiger partial charge in [-0.2, -0.15) is 0 Å². The lowest BCUT2D eigenvalue weighted by Crippen LogP contribution is -2.09. The molecule has 1 aliphatic heterocycles. The number of fused-ring (bicyclic) bond motifs is 1. The van der Waals surface area contributed by atoms with E-state index in [9.17, 15) is 4.39 Å². The molecule has 0 aromatic heterocycles. The summed E-state index contributed by atoms with van der Waals surface area (Å²) in [5.41, 5.74) is 7.57. The summed E-state index contributed by atoms with van der Waals surface area (Å²) in [4.78, 5) is 0. The zero-order valence-corrected chi connectivity index (χ0v) is 8.22. The summed E-state index contributed by atoms with van der Waals surface area (Å²) in [6.45, 7) is 2.52. The molecule has 0 fully saturated rings. The Morgan fingerprint density at radius 1 is 1.50 bits per heavy atom. The van der Waals surface area contributed by atoms with Gasteiger partial charge in [-0.25, -0.2) is 4.39 Å². The van der Waals surface area contributed by atoms with E-state index in [4.69, 9.17) is 10.5 Å². The fraction of sp³-hybridized carbons (Fsp3) is 0.455. The summed E-state index contributed by atoms with van der Waals surface area (Å²) in [7, 11) is 0. The van der Waals surface area contributed by atoms with Gasteiger partial charge in [0.15, 0.2) is 0 Å². The average Bonchev–Trinajstić information content (AvgIpc) is 2.29. The smallest absolute Gasteiger partial charge is 0.127 e. The molecule has 1 heterocycles. The van der Waals surface area contributed by atoms with Gasteiger partial charge in [-0.3, -0.25) is 0 Å². The Bertz CT molecular complexity index is 351. The minimum atomic E-state index is -0.234. The molecule has 1 aromatic rings. The van der Waals surface area contributed by atoms with Crippen LogP contribution in [0.5, 0.6) is 5.75 Å². The largest absolute Gasteiger partial charge is 0.493 e. The van der Waals surface area contributed by atoms with Crippen molar-refractivity contribution in [2.75, 3.05) is 6.61 Å². The molecule has 14 heavy (non-hydrogen) atoms. The number of aryl methyl sites for hydroxylation is 1. The molecule has 0 saturated heterocycles. The number of ether oxygens (including phenoxy) is 1. The first-order valence-corrected chi connectivity index (χ1v) is 4.87. The van der Waals surface area contributed by atoms with Crippen LogP contribution >= 0.6 is 0 Å². The van der Waals surface area contributed by atoms with Crippen LogP contribution in [-0.4, -0.2) is 6.61 Å². The molecule has 1 atom stereocenters. The normalized spacial score (nSPS) is 20.9. The molecule has 0 unspecified atom stereocenters. The lowest BCUT2D eigenvalue weighted by Gasteiger charge is -2.13. The van der Waals surface area contributed by atoms with Crippen LogP contribution in [0.4, 0.5) is 4.39 Å². The first-order chi connectivity index (χ1) is 6.68. The first kappa shape index (κ1) is 9.46. The number of hydrogen-bond acceptors (Lipinski definition) is 2. The van der Waals surface area contributed by atoms with E-state index in [0.29, 0.717) is 6.61 Å². The molecule has 0 spiro atoms. The number of rotatable bonds is 0. The monoisotopic (exact) mass is 195 g/mol. The first-order valence-electron chi connectivity index (χ1n) is 4.87. The molecule has 2 rings (SSSR count). The highest BCUT2D eigenvalue weighted by atomic mass is 19.1. The molecule has 1 aliphatic rings. The second kappa shape index (κ2) is 3.58. The summed E-state index contributed by atoms with van der Waals surface area (Å²) in [5.74, 6) is 0.540. The molecule has 2 nitrogen and oxygen atoms in total. The number of halogens is 1. The standard InChI is InChI=1S/C11H14FNO/c1-7-5-8(12)6-9-10(13)3-2-4-14-11(7)9/h5-6,10H,2-4,13H2,1H3/t10-/m1/s1. The summed E-state index contributed by atoms with van der Waals surface area (Å²) in [6.07, 6.45) is 1.78. The van der Waals surface area contributed by atoms with E-state index < -0.39 is 0 Å². The molecule has 2 N–H and O–H groups in total. The molecule has 0 aliphatic carbocycles. The van der Waals surface area contributed by atoms with Crippen molar-refractivity contribution >= 4 is 0 Å². The van der Waals surface area contributed by atoms with Gasteiger partial charge in [0.2, 0.25) is 0 Å². The molecule has 3 heteroatoms. The van der Waals surface area contributed by atoms with Crippen LogP contribution in [0.2, 0.25) is 0 Å². The third kappa shape index (κ3) is 1.60. The molecule has 0 saturated carbocycles. The summed E-state index contributed by atoms with van der Waals surface area (Å²) in [5, 5.41) is 0. The maximum Gasteiger partial charge on any atom is 0.127 e. The van der Waals surface area contributed by atoms with Crippen molar-refractivity contribution in [3.8, 4) is 5.75 Å². The Morgan fingerprint density at radius 3 is 3.07 bits per heavy atom. The number of hydrogen-bond donors (Lipinski definition) is 1. The lowest BCUT2D eigenvalue weighted by atomic mass is 10.0. The highest BCUT2D eigenvalue weighted by molar-refractivity contribution is 5.43. The second-order valence-electron chi connectivity index (χ2n) is 3.74. The molecular weight excluding hydrogens is 181 g/mol. The van der Waals surface area contributed by atoms with Crippen molar-refractivity contribution in [2.24, 2.45) is 5.73 Å². The van der Waals surface area contributed by atoms with E-state index in [1.54, 1.807) is 0 Å². The van der Waals surface area contributed by atoms with Gasteiger partial charge in [0, 0.05) is 11.6 Å². The average molecular weight is 195 g/mol. The minimum Gasteiger partial charge on any atom is -0.493 e. The quantitative estimate of drug-likeness (QED) is 0.689. The minimum absolute atomic E-state index is 0.0955. The van der Waals surface area contributed by atoms with Crippen molar-refractivity contribution in [1.29, 1.82) is 0 Å². The Hall–Kier alpha value is -1.09. The van der Waals surface area contributed by atoms with E-state index in [2.05, 4.69) is 0 Å². The van der Waals surface area contributed by atoms with E-state index in [-0.39, 0.29) is 11.9 Å². The predicted octanol–water partition coefficient (Wildman–Crippen LogP) is 2.31. The van der Waals surface area contributed by atoms with Crippen LogP contribution in [0.3, 0.4) is 0 Å². The van der Waals surface area contributed by atoms with E-state index in [0.717, 1.165) is 29.7 Å². The van der Waals surface area contributed by atoms with Crippen molar-refractivity contribution in [1.82, 2.24) is 0 Å². The van der Waals surface area contributed by atoms with Gasteiger partial charge in [0.25, 0.3) is 0 Å². The maximum absolute atomic E-state index is 13.2. The summed E-state index contributed by atoms with van der Waals surface area (Å²) in [6, 6.07) is 2.87. The molecule has 76 valence electrons. The van der Waals surface area contributed by atoms with E-state index in [1.165, 1.54) is 12.1 Å². The van der Waals surface area contributed by atoms with Gasteiger partial charge in [-0.1, -0.05) is 0 Å². The van der Waals surface area contributed by atoms with Crippen molar-refractivity contribution in [3.05, 3.63) is 29.1 Å². The molecule has 1 aromatic carbocycles. The highest BCUT2D eigenvalue weighted by Crippen LogP contribution is 2.33. The van der Waals surface area contributed by atoms with Crippen LogP contribution < -0.4 is 10.5 Å². The van der Waals surface area contributed by atoms with Crippen LogP contribution in [0.25, 0.3) is 0 Å². The van der Waals surface area contributed by atoms with Gasteiger partial charge in [0.1, 0.15) is 11.6 Å². The van der Waals surface area contributed by atoms with Crippen LogP contribution in [-0.2, 0) is 0 Å². The maximum atomic E-state index is 13.2. The van der Waals surface area contributed by atoms with Crippen LogP contribution in [0.1, 0.15) is 30.0 Å². The van der Waals surface area contributed by atoms with Gasteiger partial charge in [0.05, 0.1) is 6.61 Å². The molecule has 0 bridgehead atoms. The van der Waals surface area contributed by atoms with Gasteiger partial charge in [-0.15, -0.1) is 0 Å². The van der Waals surface area contributed by atoms with Gasteiger partial charge in [-0.05, 0) is 37.5 Å². The molecule has 0 radical (unpaired) electrons. The third-order valence-corrected chi connectivity index (χ3v) is 2.57. The zero-order chi connectivity index (χ0) is 10.1. The summed E-state index contributed by atoms with van der Waals surface area (Å²) < 4.78 is 18.7. The van der Waals surface area contributed by atoms with E-state index in [1.807, 2.05) is 6.92 Å². The molecule has 0 amide bonds. The Labute approximate surface area is 82.9 Å². The number of nitrogens with two attached hydrogens (primary N) is 1. The fourth-order valence-electron chi connectivity index (χ4n) is 1.86. The third-order valence-electron chi connectivity index (χ3n) is 2.57. The van der Waals surface area contributed by atoms with Crippen LogP contribution in [0, 0.1) is 12.7 Å². The van der Waals surface area contributed by atoms with Crippen LogP contribution in [0.15, 0.2) is 12.1 Å². The fourth-order valence-corrected chi connectivity index (χ4v) is 1.86. The lowest BCUT2D eigenvalue weighted by molar-refractivity contribution is 0.314. The topological polar surface area (TPSA) is 35.2 Å². The van der Waals surface area contributed by atoms with Gasteiger partial charge < -0.3 is 10.5 Å². The Morgan fingerprint density at radius 2 is 2.29 bits per heavy atom.